The van der Waals surface area contributed by atoms with E-state index in [1.807, 2.05) is 30.3 Å². The van der Waals surface area contributed by atoms with Gasteiger partial charge >= 0.3 is 0 Å². The molecule has 1 saturated heterocycles. The van der Waals surface area contributed by atoms with Crippen molar-refractivity contribution < 1.29 is 4.79 Å². The largest absolute Gasteiger partial charge is 0.347 e. The molecule has 0 atom stereocenters. The number of fused-ring (bicyclic) bond motifs is 1. The maximum atomic E-state index is 12.4. The zero-order chi connectivity index (χ0) is 14.0. The highest BCUT2D eigenvalue weighted by Gasteiger charge is 2.28. The van der Waals surface area contributed by atoms with Crippen molar-refractivity contribution in [2.75, 3.05) is 13.1 Å². The van der Waals surface area contributed by atoms with Crippen LogP contribution in [-0.4, -0.2) is 29.5 Å². The molecule has 1 amide bonds. The summed E-state index contributed by atoms with van der Waals surface area (Å²) in [6, 6.07) is 9.51. The van der Waals surface area contributed by atoms with Crippen molar-refractivity contribution in [3.63, 3.8) is 0 Å². The summed E-state index contributed by atoms with van der Waals surface area (Å²) in [5.41, 5.74) is 1.51. The van der Waals surface area contributed by atoms with Gasteiger partial charge in [0.1, 0.15) is 0 Å². The molecular weight excluding hydrogens is 321 g/mol. The SMILES string of the molecule is CC1(NC(=O)c2ccc3ncccc3c2)CCNCC1.Cl.Cl. The fourth-order valence-electron chi connectivity index (χ4n) is 2.67. The summed E-state index contributed by atoms with van der Waals surface area (Å²) < 4.78 is 0. The zero-order valence-corrected chi connectivity index (χ0v) is 14.1. The third-order valence-electron chi connectivity index (χ3n) is 3.99. The number of aromatic nitrogens is 1. The number of nitrogens with zero attached hydrogens (tertiary/aromatic N) is 1. The van der Waals surface area contributed by atoms with Gasteiger partial charge in [-0.2, -0.15) is 0 Å². The van der Waals surface area contributed by atoms with Crippen LogP contribution in [0.3, 0.4) is 0 Å². The Morgan fingerprint density at radius 1 is 1.23 bits per heavy atom. The minimum absolute atomic E-state index is 0. The second-order valence-electron chi connectivity index (χ2n) is 5.68. The van der Waals surface area contributed by atoms with E-state index in [1.54, 1.807) is 6.20 Å². The van der Waals surface area contributed by atoms with Crippen LogP contribution in [0.15, 0.2) is 36.5 Å². The highest BCUT2D eigenvalue weighted by molar-refractivity contribution is 5.98. The number of amides is 1. The van der Waals surface area contributed by atoms with Gasteiger partial charge in [-0.25, -0.2) is 0 Å². The molecule has 2 aromatic rings. The van der Waals surface area contributed by atoms with Crippen molar-refractivity contribution in [2.24, 2.45) is 0 Å². The normalized spacial score (nSPS) is 16.2. The average Bonchev–Trinajstić information content (AvgIpc) is 2.47. The lowest BCUT2D eigenvalue weighted by atomic mass is 9.90. The predicted molar refractivity (Wildman–Crippen MR) is 94.2 cm³/mol. The van der Waals surface area contributed by atoms with E-state index in [4.69, 9.17) is 0 Å². The topological polar surface area (TPSA) is 54.0 Å². The Bertz CT molecular complexity index is 642. The summed E-state index contributed by atoms with van der Waals surface area (Å²) in [4.78, 5) is 16.7. The first kappa shape index (κ1) is 18.7. The molecule has 1 fully saturated rings. The first-order valence-corrected chi connectivity index (χ1v) is 7.04. The van der Waals surface area contributed by atoms with Gasteiger partial charge in [0.25, 0.3) is 5.91 Å². The van der Waals surface area contributed by atoms with Gasteiger partial charge in [0, 0.05) is 22.7 Å². The minimum atomic E-state index is -0.105. The van der Waals surface area contributed by atoms with E-state index in [2.05, 4.69) is 22.5 Å². The molecule has 1 aliphatic heterocycles. The Labute approximate surface area is 142 Å². The Morgan fingerprint density at radius 3 is 2.68 bits per heavy atom. The van der Waals surface area contributed by atoms with E-state index < -0.39 is 0 Å². The number of hydrogen-bond acceptors (Lipinski definition) is 3. The lowest BCUT2D eigenvalue weighted by molar-refractivity contribution is 0.0887. The van der Waals surface area contributed by atoms with Crippen molar-refractivity contribution in [1.82, 2.24) is 15.6 Å². The van der Waals surface area contributed by atoms with Gasteiger partial charge in [-0.1, -0.05) is 6.07 Å². The van der Waals surface area contributed by atoms with Crippen LogP contribution in [0, 0.1) is 0 Å². The number of benzene rings is 1. The molecule has 3 rings (SSSR count). The second kappa shape index (κ2) is 7.77. The van der Waals surface area contributed by atoms with E-state index in [-0.39, 0.29) is 36.3 Å². The van der Waals surface area contributed by atoms with Crippen molar-refractivity contribution >= 4 is 41.6 Å². The van der Waals surface area contributed by atoms with E-state index >= 15 is 0 Å². The molecule has 22 heavy (non-hydrogen) atoms. The summed E-state index contributed by atoms with van der Waals surface area (Å²) in [6.45, 7) is 4.03. The second-order valence-corrected chi connectivity index (χ2v) is 5.68. The van der Waals surface area contributed by atoms with Crippen LogP contribution in [0.5, 0.6) is 0 Å². The standard InChI is InChI=1S/C16H19N3O.2ClH/c1-16(6-9-17-10-7-16)19-15(20)13-4-5-14-12(11-13)3-2-8-18-14;;/h2-5,8,11,17H,6-7,9-10H2,1H3,(H,19,20);2*1H. The van der Waals surface area contributed by atoms with Crippen molar-refractivity contribution in [2.45, 2.75) is 25.3 Å². The molecule has 120 valence electrons. The molecule has 0 radical (unpaired) electrons. The summed E-state index contributed by atoms with van der Waals surface area (Å²) in [6.07, 6.45) is 3.69. The van der Waals surface area contributed by atoms with Crippen LogP contribution < -0.4 is 10.6 Å². The zero-order valence-electron chi connectivity index (χ0n) is 12.5. The lowest BCUT2D eigenvalue weighted by Gasteiger charge is -2.35. The fraction of sp³-hybridized carbons (Fsp3) is 0.375. The van der Waals surface area contributed by atoms with E-state index in [9.17, 15) is 4.79 Å². The van der Waals surface area contributed by atoms with Crippen LogP contribution in [0.25, 0.3) is 10.9 Å². The summed E-state index contributed by atoms with van der Waals surface area (Å²) in [5.74, 6) is 0.000142. The molecule has 1 aliphatic rings. The molecule has 1 aromatic heterocycles. The molecule has 0 aliphatic carbocycles. The van der Waals surface area contributed by atoms with Gasteiger partial charge in [0.15, 0.2) is 0 Å². The van der Waals surface area contributed by atoms with Gasteiger partial charge in [0.05, 0.1) is 5.52 Å². The van der Waals surface area contributed by atoms with E-state index in [1.165, 1.54) is 0 Å². The molecule has 0 spiro atoms. The summed E-state index contributed by atoms with van der Waals surface area (Å²) in [5, 5.41) is 7.49. The van der Waals surface area contributed by atoms with Gasteiger partial charge < -0.3 is 10.6 Å². The number of hydrogen-bond donors (Lipinski definition) is 2. The quantitative estimate of drug-likeness (QED) is 0.882. The number of carbonyl (C=O) groups is 1. The molecular formula is C16H21Cl2N3O. The highest BCUT2D eigenvalue weighted by atomic mass is 35.5. The Balaban J connectivity index is 0.00000121. The molecule has 0 saturated carbocycles. The summed E-state index contributed by atoms with van der Waals surface area (Å²) >= 11 is 0. The van der Waals surface area contributed by atoms with Crippen LogP contribution in [-0.2, 0) is 0 Å². The molecule has 2 heterocycles. The Hall–Kier alpha value is -1.36. The number of piperidine rings is 1. The maximum absolute atomic E-state index is 12.4. The maximum Gasteiger partial charge on any atom is 0.251 e. The molecule has 0 unspecified atom stereocenters. The molecule has 6 heteroatoms. The Morgan fingerprint density at radius 2 is 1.95 bits per heavy atom. The molecule has 2 N–H and O–H groups in total. The predicted octanol–water partition coefficient (Wildman–Crippen LogP) is 2.95. The lowest BCUT2D eigenvalue weighted by Crippen LogP contribution is -2.52. The average molecular weight is 342 g/mol. The first-order valence-electron chi connectivity index (χ1n) is 7.04. The van der Waals surface area contributed by atoms with Gasteiger partial charge in [-0.05, 0) is 57.1 Å². The van der Waals surface area contributed by atoms with Crippen molar-refractivity contribution in [1.29, 1.82) is 0 Å². The third-order valence-corrected chi connectivity index (χ3v) is 3.99. The van der Waals surface area contributed by atoms with Crippen LogP contribution in [0.2, 0.25) is 0 Å². The number of halogens is 2. The summed E-state index contributed by atoms with van der Waals surface area (Å²) in [7, 11) is 0. The van der Waals surface area contributed by atoms with Gasteiger partial charge in [0.2, 0.25) is 0 Å². The number of carbonyl (C=O) groups excluding carboxylic acids is 1. The van der Waals surface area contributed by atoms with E-state index in [0.717, 1.165) is 36.8 Å². The minimum Gasteiger partial charge on any atom is -0.347 e. The first-order chi connectivity index (χ1) is 9.66. The number of nitrogens with one attached hydrogen (secondary N) is 2. The van der Waals surface area contributed by atoms with E-state index in [0.29, 0.717) is 5.56 Å². The molecule has 0 bridgehead atoms. The van der Waals surface area contributed by atoms with Gasteiger partial charge in [-0.15, -0.1) is 24.8 Å². The number of rotatable bonds is 2. The van der Waals surface area contributed by atoms with Gasteiger partial charge in [-0.3, -0.25) is 9.78 Å². The molecule has 1 aromatic carbocycles. The highest BCUT2D eigenvalue weighted by Crippen LogP contribution is 2.19. The van der Waals surface area contributed by atoms with Crippen molar-refractivity contribution in [3.05, 3.63) is 42.1 Å². The molecule has 4 nitrogen and oxygen atoms in total. The smallest absolute Gasteiger partial charge is 0.251 e. The van der Waals surface area contributed by atoms with Crippen LogP contribution >= 0.6 is 24.8 Å². The van der Waals surface area contributed by atoms with Crippen LogP contribution in [0.1, 0.15) is 30.1 Å². The van der Waals surface area contributed by atoms with Crippen molar-refractivity contribution in [3.8, 4) is 0 Å². The van der Waals surface area contributed by atoms with Crippen LogP contribution in [0.4, 0.5) is 0 Å². The number of pyridine rings is 1. The fourth-order valence-corrected chi connectivity index (χ4v) is 2.67. The Kier molecular flexibility index (Phi) is 6.60. The monoisotopic (exact) mass is 341 g/mol. The third kappa shape index (κ3) is 4.09.